The summed E-state index contributed by atoms with van der Waals surface area (Å²) in [5.41, 5.74) is 5.65. The van der Waals surface area contributed by atoms with Gasteiger partial charge in [-0.3, -0.25) is 9.78 Å². The molecule has 0 bridgehead atoms. The Bertz CT molecular complexity index is 842. The summed E-state index contributed by atoms with van der Waals surface area (Å²) in [6.07, 6.45) is 20.3. The number of carbonyl (C=O) groups excluding carboxylic acids is 1. The summed E-state index contributed by atoms with van der Waals surface area (Å²) in [6.45, 7) is 6.64. The van der Waals surface area contributed by atoms with Crippen LogP contribution in [-0.4, -0.2) is 17.9 Å². The van der Waals surface area contributed by atoms with Crippen LogP contribution in [0.25, 0.3) is 5.57 Å². The van der Waals surface area contributed by atoms with Crippen molar-refractivity contribution in [3.05, 3.63) is 47.8 Å². The van der Waals surface area contributed by atoms with Crippen LogP contribution in [0.3, 0.4) is 0 Å². The van der Waals surface area contributed by atoms with Crippen molar-refractivity contribution in [1.29, 1.82) is 0 Å². The van der Waals surface area contributed by atoms with Crippen LogP contribution < -0.4 is 5.32 Å². The second kappa shape index (κ2) is 8.32. The largest absolute Gasteiger partial charge is 0.359 e. The Hall–Kier alpha value is -1.90. The number of nitrogens with zero attached hydrogens (tertiary/aromatic N) is 1. The fourth-order valence-corrected chi connectivity index (χ4v) is 7.24. The van der Waals surface area contributed by atoms with Gasteiger partial charge in [0.1, 0.15) is 0 Å². The van der Waals surface area contributed by atoms with E-state index in [1.807, 2.05) is 11.8 Å². The minimum absolute atomic E-state index is 0.00463. The first-order valence-electron chi connectivity index (χ1n) is 11.9. The first kappa shape index (κ1) is 21.3. The molecule has 1 heterocycles. The quantitative estimate of drug-likeness (QED) is 0.566. The van der Waals surface area contributed by atoms with E-state index in [2.05, 4.69) is 54.6 Å². The molecule has 0 spiro atoms. The summed E-state index contributed by atoms with van der Waals surface area (Å²) in [6, 6.07) is 4.36. The first-order valence-corrected chi connectivity index (χ1v) is 11.9. The van der Waals surface area contributed by atoms with Crippen molar-refractivity contribution < 1.29 is 4.79 Å². The normalized spacial score (nSPS) is 36.7. The Kier molecular flexibility index (Phi) is 5.92. The number of pyridine rings is 1. The van der Waals surface area contributed by atoms with E-state index in [1.54, 1.807) is 12.6 Å². The summed E-state index contributed by atoms with van der Waals surface area (Å²) in [5, 5.41) is 2.39. The fourth-order valence-electron chi connectivity index (χ4n) is 7.24. The van der Waals surface area contributed by atoms with Crippen LogP contribution in [0.2, 0.25) is 0 Å². The van der Waals surface area contributed by atoms with Crippen molar-refractivity contribution in [2.45, 2.75) is 72.1 Å². The van der Waals surface area contributed by atoms with Gasteiger partial charge in [-0.15, -0.1) is 0 Å². The summed E-state index contributed by atoms with van der Waals surface area (Å²) >= 11 is 0. The van der Waals surface area contributed by atoms with E-state index >= 15 is 0 Å². The Balaban J connectivity index is 0.000000393. The van der Waals surface area contributed by atoms with Gasteiger partial charge in [0.15, 0.2) is 0 Å². The van der Waals surface area contributed by atoms with Crippen molar-refractivity contribution in [1.82, 2.24) is 10.3 Å². The van der Waals surface area contributed by atoms with Crippen LogP contribution in [0.15, 0.2) is 42.3 Å². The fraction of sp³-hybridized carbons (Fsp3) is 0.630. The zero-order valence-corrected chi connectivity index (χ0v) is 19.2. The highest BCUT2D eigenvalue weighted by Gasteiger charge is 2.56. The lowest BCUT2D eigenvalue weighted by molar-refractivity contribution is -0.118. The zero-order chi connectivity index (χ0) is 21.4. The molecule has 4 unspecified atom stereocenters. The Morgan fingerprint density at radius 3 is 2.60 bits per heavy atom. The maximum absolute atomic E-state index is 9.70. The van der Waals surface area contributed by atoms with E-state index in [0.717, 1.165) is 17.8 Å². The van der Waals surface area contributed by atoms with E-state index < -0.39 is 0 Å². The number of hydrogen-bond acceptors (Lipinski definition) is 2. The second-order valence-corrected chi connectivity index (χ2v) is 10.3. The van der Waals surface area contributed by atoms with E-state index in [-0.39, 0.29) is 5.91 Å². The van der Waals surface area contributed by atoms with Gasteiger partial charge in [0.25, 0.3) is 0 Å². The van der Waals surface area contributed by atoms with Crippen molar-refractivity contribution in [3.8, 4) is 0 Å². The van der Waals surface area contributed by atoms with Gasteiger partial charge in [-0.2, -0.15) is 0 Å². The smallest absolute Gasteiger partial charge is 0.216 e. The minimum atomic E-state index is 0.00463. The molecule has 3 heteroatoms. The van der Waals surface area contributed by atoms with Gasteiger partial charge in [0, 0.05) is 26.4 Å². The zero-order valence-electron chi connectivity index (χ0n) is 19.2. The summed E-state index contributed by atoms with van der Waals surface area (Å²) in [5.74, 6) is 2.64. The number of carbonyl (C=O) groups is 1. The highest BCUT2D eigenvalue weighted by Crippen LogP contribution is 2.66. The third-order valence-electron chi connectivity index (χ3n) is 8.92. The molecule has 4 aliphatic rings. The van der Waals surface area contributed by atoms with Gasteiger partial charge in [-0.05, 0) is 90.7 Å². The SMILES string of the molecule is CC12CC[C@H]3C(CC=C4CCCCC43C)C1CC=C2c1cccnc1.CNC(C)=O. The summed E-state index contributed by atoms with van der Waals surface area (Å²) in [4.78, 5) is 14.1. The average Bonchev–Trinajstić information content (AvgIpc) is 3.11. The predicted octanol–water partition coefficient (Wildman–Crippen LogP) is 6.18. The second-order valence-electron chi connectivity index (χ2n) is 10.3. The minimum Gasteiger partial charge on any atom is -0.359 e. The number of amides is 1. The van der Waals surface area contributed by atoms with Gasteiger partial charge < -0.3 is 5.32 Å². The first-order chi connectivity index (χ1) is 14.4. The molecule has 0 saturated heterocycles. The van der Waals surface area contributed by atoms with Crippen molar-refractivity contribution in [2.24, 2.45) is 28.6 Å². The molecule has 2 saturated carbocycles. The average molecular weight is 407 g/mol. The topological polar surface area (TPSA) is 42.0 Å². The maximum atomic E-state index is 9.70. The van der Waals surface area contributed by atoms with Gasteiger partial charge in [-0.25, -0.2) is 0 Å². The van der Waals surface area contributed by atoms with E-state index in [9.17, 15) is 4.79 Å². The molecule has 4 aliphatic carbocycles. The standard InChI is InChI=1S/C24H31N.C3H7NO/c1-23-13-4-3-7-18(23)8-9-19-21-11-10-20(17-6-5-15-25-16-17)24(21,2)14-12-22(19)23;1-3(5)4-2/h5-6,8,10,15-16,19,21-22H,3-4,7,9,11-14H2,1-2H3;1-2H3,(H,4,5)/t19?,21?,22-,23?,24?;/m0./s1. The van der Waals surface area contributed by atoms with Gasteiger partial charge in [-0.1, -0.05) is 44.1 Å². The van der Waals surface area contributed by atoms with Gasteiger partial charge in [0.05, 0.1) is 0 Å². The molecule has 0 aliphatic heterocycles. The number of rotatable bonds is 1. The van der Waals surface area contributed by atoms with Crippen LogP contribution in [0.1, 0.15) is 77.7 Å². The number of fused-ring (bicyclic) bond motifs is 5. The van der Waals surface area contributed by atoms with Crippen LogP contribution >= 0.6 is 0 Å². The Morgan fingerprint density at radius 1 is 1.10 bits per heavy atom. The van der Waals surface area contributed by atoms with E-state index in [4.69, 9.17) is 0 Å². The van der Waals surface area contributed by atoms with Crippen LogP contribution in [0.4, 0.5) is 0 Å². The molecule has 2 fully saturated rings. The maximum Gasteiger partial charge on any atom is 0.216 e. The number of nitrogens with one attached hydrogen (secondary N) is 1. The molecule has 0 aromatic carbocycles. The van der Waals surface area contributed by atoms with E-state index in [1.165, 1.54) is 63.9 Å². The Labute approximate surface area is 182 Å². The third-order valence-corrected chi connectivity index (χ3v) is 8.92. The molecule has 1 amide bonds. The molecule has 1 N–H and O–H groups in total. The Morgan fingerprint density at radius 2 is 1.90 bits per heavy atom. The molecule has 0 radical (unpaired) electrons. The lowest BCUT2D eigenvalue weighted by Gasteiger charge is -2.57. The molecular weight excluding hydrogens is 368 g/mol. The van der Waals surface area contributed by atoms with Crippen LogP contribution in [-0.2, 0) is 4.79 Å². The van der Waals surface area contributed by atoms with Crippen molar-refractivity contribution in [3.63, 3.8) is 0 Å². The van der Waals surface area contributed by atoms with E-state index in [0.29, 0.717) is 10.8 Å². The highest BCUT2D eigenvalue weighted by molar-refractivity contribution is 5.72. The summed E-state index contributed by atoms with van der Waals surface area (Å²) < 4.78 is 0. The molecule has 3 nitrogen and oxygen atoms in total. The predicted molar refractivity (Wildman–Crippen MR) is 124 cm³/mol. The number of hydrogen-bond donors (Lipinski definition) is 1. The lowest BCUT2D eigenvalue weighted by Crippen LogP contribution is -2.48. The number of allylic oxidation sites excluding steroid dienone is 4. The molecule has 1 aromatic rings. The third kappa shape index (κ3) is 3.55. The van der Waals surface area contributed by atoms with Crippen LogP contribution in [0.5, 0.6) is 0 Å². The summed E-state index contributed by atoms with van der Waals surface area (Å²) in [7, 11) is 1.60. The number of aromatic nitrogens is 1. The molecule has 30 heavy (non-hydrogen) atoms. The lowest BCUT2D eigenvalue weighted by atomic mass is 9.47. The molecular formula is C27H38N2O. The molecule has 5 atom stereocenters. The molecule has 162 valence electrons. The highest BCUT2D eigenvalue weighted by atomic mass is 16.1. The van der Waals surface area contributed by atoms with Gasteiger partial charge >= 0.3 is 0 Å². The van der Waals surface area contributed by atoms with Crippen molar-refractivity contribution in [2.75, 3.05) is 7.05 Å². The van der Waals surface area contributed by atoms with Crippen LogP contribution in [0, 0.1) is 28.6 Å². The molecule has 1 aromatic heterocycles. The monoisotopic (exact) mass is 406 g/mol. The molecule has 5 rings (SSSR count). The van der Waals surface area contributed by atoms with Crippen molar-refractivity contribution >= 4 is 11.5 Å². The van der Waals surface area contributed by atoms with Gasteiger partial charge in [0.2, 0.25) is 5.91 Å².